The van der Waals surface area contributed by atoms with Crippen LogP contribution in [0.3, 0.4) is 0 Å². The van der Waals surface area contributed by atoms with Crippen LogP contribution in [-0.4, -0.2) is 54.8 Å². The zero-order chi connectivity index (χ0) is 15.1. The fourth-order valence-corrected chi connectivity index (χ4v) is 2.45. The third-order valence-corrected chi connectivity index (χ3v) is 3.54. The van der Waals surface area contributed by atoms with Crippen LogP contribution in [0.2, 0.25) is 0 Å². The van der Waals surface area contributed by atoms with Crippen molar-refractivity contribution in [3.63, 3.8) is 0 Å². The Balaban J connectivity index is 2.19. The highest BCUT2D eigenvalue weighted by Crippen LogP contribution is 2.29. The van der Waals surface area contributed by atoms with E-state index in [0.717, 1.165) is 0 Å². The van der Waals surface area contributed by atoms with E-state index >= 15 is 0 Å². The number of aromatic amines is 1. The first-order chi connectivity index (χ1) is 10.0. The van der Waals surface area contributed by atoms with Crippen molar-refractivity contribution in [2.24, 2.45) is 0 Å². The van der Waals surface area contributed by atoms with Gasteiger partial charge >= 0.3 is 0 Å². The van der Waals surface area contributed by atoms with Crippen LogP contribution in [0.4, 0.5) is 0 Å². The zero-order valence-corrected chi connectivity index (χ0v) is 10.8. The van der Waals surface area contributed by atoms with Gasteiger partial charge in [0.05, 0.1) is 6.61 Å². The van der Waals surface area contributed by atoms with E-state index in [4.69, 9.17) is 15.3 Å². The number of nitrogens with zero attached hydrogens (tertiary/aromatic N) is 2. The molecule has 0 aromatic carbocycles. The van der Waals surface area contributed by atoms with Gasteiger partial charge in [-0.2, -0.15) is 0 Å². The maximum absolute atomic E-state index is 11.8. The molecule has 1 fully saturated rings. The Morgan fingerprint density at radius 2 is 2.19 bits per heavy atom. The largest absolute Gasteiger partial charge is 0.394 e. The molecule has 3 rings (SSSR count). The average molecular weight is 294 g/mol. The van der Waals surface area contributed by atoms with E-state index in [1.165, 1.54) is 23.2 Å². The lowest BCUT2D eigenvalue weighted by atomic mass is 10.1. The summed E-state index contributed by atoms with van der Waals surface area (Å²) in [5.74, 6) is 0. The van der Waals surface area contributed by atoms with E-state index in [1.807, 2.05) is 0 Å². The molecule has 0 bridgehead atoms. The molecule has 2 aromatic rings. The molecule has 3 heterocycles. The van der Waals surface area contributed by atoms with Gasteiger partial charge in [-0.3, -0.25) is 14.8 Å². The fourth-order valence-electron chi connectivity index (χ4n) is 2.45. The minimum atomic E-state index is -1.29. The molecule has 21 heavy (non-hydrogen) atoms. The topological polar surface area (TPSA) is 144 Å². The molecular formula is C12H14N4O5. The van der Waals surface area contributed by atoms with E-state index in [0.29, 0.717) is 0 Å². The van der Waals surface area contributed by atoms with Crippen molar-refractivity contribution in [2.45, 2.75) is 24.5 Å². The number of aliphatic hydroxyl groups is 3. The lowest BCUT2D eigenvalue weighted by molar-refractivity contribution is -0.0515. The van der Waals surface area contributed by atoms with E-state index in [2.05, 4.69) is 9.97 Å². The van der Waals surface area contributed by atoms with Gasteiger partial charge in [0.2, 0.25) is 0 Å². The van der Waals surface area contributed by atoms with Gasteiger partial charge in [0, 0.05) is 12.3 Å². The third-order valence-electron chi connectivity index (χ3n) is 3.54. The van der Waals surface area contributed by atoms with Gasteiger partial charge in [-0.15, -0.1) is 0 Å². The highest BCUT2D eigenvalue weighted by atomic mass is 16.6. The maximum atomic E-state index is 11.8. The van der Waals surface area contributed by atoms with Crippen LogP contribution >= 0.6 is 0 Å². The summed E-state index contributed by atoms with van der Waals surface area (Å²) in [4.78, 5) is 18.5. The van der Waals surface area contributed by atoms with Crippen LogP contribution in [0.15, 0.2) is 23.4 Å². The van der Waals surface area contributed by atoms with Crippen molar-refractivity contribution >= 4 is 11.0 Å². The molecule has 9 nitrogen and oxygen atoms in total. The molecule has 0 saturated carbocycles. The molecule has 112 valence electrons. The number of hydrogen-bond acceptors (Lipinski definition) is 7. The molecule has 0 aliphatic carbocycles. The van der Waals surface area contributed by atoms with Gasteiger partial charge in [0.25, 0.3) is 0 Å². The number of aromatic nitrogens is 3. The van der Waals surface area contributed by atoms with Crippen LogP contribution < -0.4 is 10.9 Å². The number of H-pyrrole nitrogens is 1. The van der Waals surface area contributed by atoms with Gasteiger partial charge in [0.1, 0.15) is 35.7 Å². The summed E-state index contributed by atoms with van der Waals surface area (Å²) >= 11 is 0. The summed E-state index contributed by atoms with van der Waals surface area (Å²) in [6, 6.07) is 1.27. The molecule has 0 amide bonds. The molecule has 4 atom stereocenters. The van der Waals surface area contributed by atoms with E-state index in [-0.39, 0.29) is 21.9 Å². The standard InChI is InChI=1S/C12H14N4O5/c13-10-7-5(18)1-2-14-11(7)16(4-15-10)12-9(20)8(19)6(3-17)21-12/h1-2,4,6,8-9,12-13,17,19-20H,3H2,(H,14,18)/t6?,8-,9+,12?/m1/s1. The van der Waals surface area contributed by atoms with Gasteiger partial charge in [-0.25, -0.2) is 4.98 Å². The van der Waals surface area contributed by atoms with E-state index < -0.39 is 31.1 Å². The zero-order valence-electron chi connectivity index (χ0n) is 10.8. The maximum Gasteiger partial charge on any atom is 0.194 e. The number of rotatable bonds is 2. The van der Waals surface area contributed by atoms with Gasteiger partial charge in [-0.05, 0) is 0 Å². The number of nitrogens with one attached hydrogen (secondary N) is 2. The van der Waals surface area contributed by atoms with Crippen LogP contribution in [0.5, 0.6) is 0 Å². The second kappa shape index (κ2) is 5.04. The van der Waals surface area contributed by atoms with Gasteiger partial charge in [0.15, 0.2) is 17.1 Å². The lowest BCUT2D eigenvalue weighted by Crippen LogP contribution is -2.33. The number of fused-ring (bicyclic) bond motifs is 1. The van der Waals surface area contributed by atoms with Crippen LogP contribution in [0.25, 0.3) is 11.0 Å². The minimum Gasteiger partial charge on any atom is -0.394 e. The first-order valence-electron chi connectivity index (χ1n) is 6.30. The Morgan fingerprint density at radius 3 is 2.86 bits per heavy atom. The Kier molecular flexibility index (Phi) is 3.33. The third kappa shape index (κ3) is 2.07. The van der Waals surface area contributed by atoms with Crippen molar-refractivity contribution < 1.29 is 20.1 Å². The van der Waals surface area contributed by atoms with Gasteiger partial charge in [-0.1, -0.05) is 0 Å². The van der Waals surface area contributed by atoms with E-state index in [1.54, 1.807) is 0 Å². The quantitative estimate of drug-likeness (QED) is 0.426. The summed E-state index contributed by atoms with van der Waals surface area (Å²) in [5, 5.41) is 36.7. The molecule has 5 N–H and O–H groups in total. The average Bonchev–Trinajstić information content (AvgIpc) is 2.76. The molecule has 1 saturated heterocycles. The first kappa shape index (κ1) is 13.9. The molecule has 1 aliphatic rings. The van der Waals surface area contributed by atoms with Crippen LogP contribution in [0.1, 0.15) is 6.23 Å². The molecule has 9 heteroatoms. The Hall–Kier alpha value is -2.07. The van der Waals surface area contributed by atoms with Crippen molar-refractivity contribution in [3.05, 3.63) is 34.3 Å². The molecule has 2 aromatic heterocycles. The fraction of sp³-hybridized carbons (Fsp3) is 0.417. The highest BCUT2D eigenvalue weighted by molar-refractivity contribution is 5.72. The summed E-state index contributed by atoms with van der Waals surface area (Å²) in [7, 11) is 0. The molecule has 0 radical (unpaired) electrons. The Labute approximate surface area is 117 Å². The number of ether oxygens (including phenoxy) is 1. The summed E-state index contributed by atoms with van der Waals surface area (Å²) in [6.07, 6.45) is -1.86. The van der Waals surface area contributed by atoms with Crippen molar-refractivity contribution in [1.82, 2.24) is 14.5 Å². The predicted molar refractivity (Wildman–Crippen MR) is 69.2 cm³/mol. The van der Waals surface area contributed by atoms with Crippen molar-refractivity contribution in [3.8, 4) is 0 Å². The SMILES string of the molecule is N=c1ncn(C2OC(CO)[C@@H](O)[C@@H]2O)c2[nH]ccc(=O)c12. The summed E-state index contributed by atoms with van der Waals surface area (Å²) in [6.45, 7) is -0.451. The summed E-state index contributed by atoms with van der Waals surface area (Å²) in [5.41, 5.74) is -0.338. The highest BCUT2D eigenvalue weighted by Gasteiger charge is 2.43. The van der Waals surface area contributed by atoms with Gasteiger partial charge < -0.3 is 25.0 Å². The number of pyridine rings is 1. The van der Waals surface area contributed by atoms with Crippen molar-refractivity contribution in [1.29, 1.82) is 5.41 Å². The minimum absolute atomic E-state index is 0.0535. The predicted octanol–water partition coefficient (Wildman–Crippen LogP) is -2.18. The lowest BCUT2D eigenvalue weighted by Gasteiger charge is -2.19. The second-order valence-corrected chi connectivity index (χ2v) is 4.79. The normalized spacial score (nSPS) is 29.1. The molecule has 0 spiro atoms. The molecule has 1 aliphatic heterocycles. The van der Waals surface area contributed by atoms with E-state index in [9.17, 15) is 15.0 Å². The smallest absolute Gasteiger partial charge is 0.194 e. The molecule has 2 unspecified atom stereocenters. The summed E-state index contributed by atoms with van der Waals surface area (Å²) < 4.78 is 6.73. The Bertz CT molecular complexity index is 772. The number of aliphatic hydroxyl groups excluding tert-OH is 3. The Morgan fingerprint density at radius 1 is 1.43 bits per heavy atom. The van der Waals surface area contributed by atoms with Crippen LogP contribution in [-0.2, 0) is 4.74 Å². The molecular weight excluding hydrogens is 280 g/mol. The second-order valence-electron chi connectivity index (χ2n) is 4.79. The van der Waals surface area contributed by atoms with Crippen molar-refractivity contribution in [2.75, 3.05) is 6.61 Å². The first-order valence-corrected chi connectivity index (χ1v) is 6.30. The van der Waals surface area contributed by atoms with Crippen LogP contribution in [0, 0.1) is 5.41 Å². The monoisotopic (exact) mass is 294 g/mol. The number of hydrogen-bond donors (Lipinski definition) is 5.